The van der Waals surface area contributed by atoms with E-state index in [4.69, 9.17) is 9.47 Å². The van der Waals surface area contributed by atoms with Crippen LogP contribution >= 0.6 is 15.9 Å². The summed E-state index contributed by atoms with van der Waals surface area (Å²) in [5.74, 6) is 1.29. The molecule has 0 aliphatic rings. The van der Waals surface area contributed by atoms with Crippen molar-refractivity contribution in [2.75, 3.05) is 20.3 Å². The van der Waals surface area contributed by atoms with Crippen LogP contribution in [0.1, 0.15) is 43.7 Å². The van der Waals surface area contributed by atoms with Gasteiger partial charge < -0.3 is 19.7 Å². The molecule has 0 bridgehead atoms. The van der Waals surface area contributed by atoms with Crippen molar-refractivity contribution >= 4 is 27.7 Å². The topological polar surface area (TPSA) is 67.9 Å². The Kier molecular flexibility index (Phi) is 12.2. The highest BCUT2D eigenvalue weighted by molar-refractivity contribution is 9.10. The average Bonchev–Trinajstić information content (AvgIpc) is 2.95. The standard InChI is InChI=1S/C31H37BrN2O4/c1-3-4-20-33-31(36)29(22-24-9-6-5-7-10-24)34(23-25-12-14-26(32)15-13-25)30(35)11-8-21-38-28-18-16-27(37-2)17-19-28/h5-7,9-10,12-19,29H,3-4,8,11,20-23H2,1-2H3,(H,33,36). The summed E-state index contributed by atoms with van der Waals surface area (Å²) in [7, 11) is 1.62. The molecule has 0 radical (unpaired) electrons. The summed E-state index contributed by atoms with van der Waals surface area (Å²) in [6, 6.07) is 24.5. The lowest BCUT2D eigenvalue weighted by atomic mass is 10.0. The number of nitrogens with one attached hydrogen (secondary N) is 1. The number of unbranched alkanes of at least 4 members (excludes halogenated alkanes) is 1. The van der Waals surface area contributed by atoms with E-state index in [1.165, 1.54) is 0 Å². The molecule has 1 N–H and O–H groups in total. The molecule has 3 rings (SSSR count). The predicted octanol–water partition coefficient (Wildman–Crippen LogP) is 6.17. The molecular weight excluding hydrogens is 544 g/mol. The number of hydrogen-bond donors (Lipinski definition) is 1. The third kappa shape index (κ3) is 9.53. The Morgan fingerprint density at radius 3 is 2.24 bits per heavy atom. The first-order valence-corrected chi connectivity index (χ1v) is 13.9. The van der Waals surface area contributed by atoms with E-state index in [0.717, 1.165) is 39.9 Å². The Bertz CT molecular complexity index is 1120. The maximum atomic E-state index is 13.6. The van der Waals surface area contributed by atoms with Crippen molar-refractivity contribution < 1.29 is 19.1 Å². The van der Waals surface area contributed by atoms with E-state index in [2.05, 4.69) is 28.2 Å². The zero-order valence-electron chi connectivity index (χ0n) is 22.2. The third-order valence-electron chi connectivity index (χ3n) is 6.23. The van der Waals surface area contributed by atoms with Gasteiger partial charge in [0.2, 0.25) is 11.8 Å². The van der Waals surface area contributed by atoms with Crippen molar-refractivity contribution in [3.05, 3.63) is 94.5 Å². The number of halogens is 1. The van der Waals surface area contributed by atoms with Crippen LogP contribution in [0.15, 0.2) is 83.3 Å². The number of amides is 2. The van der Waals surface area contributed by atoms with Crippen LogP contribution in [-0.4, -0.2) is 43.0 Å². The molecule has 3 aromatic rings. The second-order valence-corrected chi connectivity index (χ2v) is 10.0. The molecule has 1 unspecified atom stereocenters. The Morgan fingerprint density at radius 1 is 0.895 bits per heavy atom. The van der Waals surface area contributed by atoms with E-state index in [1.54, 1.807) is 12.0 Å². The van der Waals surface area contributed by atoms with Crippen molar-refractivity contribution in [1.82, 2.24) is 10.2 Å². The summed E-state index contributed by atoms with van der Waals surface area (Å²) in [5.41, 5.74) is 1.98. The van der Waals surface area contributed by atoms with Gasteiger partial charge in [-0.1, -0.05) is 71.7 Å². The second-order valence-electron chi connectivity index (χ2n) is 9.13. The SMILES string of the molecule is CCCCNC(=O)C(Cc1ccccc1)N(Cc1ccc(Br)cc1)C(=O)CCCOc1ccc(OC)cc1. The van der Waals surface area contributed by atoms with Gasteiger partial charge in [0, 0.05) is 30.4 Å². The number of hydrogen-bond acceptors (Lipinski definition) is 4. The number of carbonyl (C=O) groups excluding carboxylic acids is 2. The van der Waals surface area contributed by atoms with Gasteiger partial charge in [-0.3, -0.25) is 9.59 Å². The van der Waals surface area contributed by atoms with Crippen LogP contribution < -0.4 is 14.8 Å². The van der Waals surface area contributed by atoms with Gasteiger partial charge in [0.15, 0.2) is 0 Å². The Balaban J connectivity index is 1.75. The van der Waals surface area contributed by atoms with E-state index in [-0.39, 0.29) is 18.2 Å². The second kappa shape index (κ2) is 15.8. The molecular formula is C31H37BrN2O4. The first-order valence-electron chi connectivity index (χ1n) is 13.1. The van der Waals surface area contributed by atoms with Crippen molar-refractivity contribution in [1.29, 1.82) is 0 Å². The molecule has 0 aliphatic carbocycles. The van der Waals surface area contributed by atoms with Crippen LogP contribution in [-0.2, 0) is 22.6 Å². The highest BCUT2D eigenvalue weighted by atomic mass is 79.9. The fourth-order valence-corrected chi connectivity index (χ4v) is 4.34. The molecule has 0 saturated heterocycles. The summed E-state index contributed by atoms with van der Waals surface area (Å²) in [4.78, 5) is 28.8. The van der Waals surface area contributed by atoms with Gasteiger partial charge in [-0.2, -0.15) is 0 Å². The summed E-state index contributed by atoms with van der Waals surface area (Å²) >= 11 is 3.48. The maximum Gasteiger partial charge on any atom is 0.243 e. The fraction of sp³-hybridized carbons (Fsp3) is 0.355. The van der Waals surface area contributed by atoms with Gasteiger partial charge in [0.1, 0.15) is 17.5 Å². The molecule has 3 aromatic carbocycles. The summed E-state index contributed by atoms with van der Waals surface area (Å²) < 4.78 is 12.0. The van der Waals surface area contributed by atoms with E-state index in [9.17, 15) is 9.59 Å². The third-order valence-corrected chi connectivity index (χ3v) is 6.76. The van der Waals surface area contributed by atoms with E-state index < -0.39 is 6.04 Å². The molecule has 38 heavy (non-hydrogen) atoms. The van der Waals surface area contributed by atoms with E-state index >= 15 is 0 Å². The minimum atomic E-state index is -0.618. The zero-order chi connectivity index (χ0) is 27.2. The predicted molar refractivity (Wildman–Crippen MR) is 154 cm³/mol. The molecule has 1 atom stereocenters. The molecule has 0 aliphatic heterocycles. The largest absolute Gasteiger partial charge is 0.497 e. The normalized spacial score (nSPS) is 11.4. The summed E-state index contributed by atoms with van der Waals surface area (Å²) in [5, 5.41) is 3.06. The Hall–Kier alpha value is -3.32. The number of methoxy groups -OCH3 is 1. The Labute approximate surface area is 234 Å². The van der Waals surface area contributed by atoms with Gasteiger partial charge in [-0.25, -0.2) is 0 Å². The van der Waals surface area contributed by atoms with Crippen LogP contribution in [0.2, 0.25) is 0 Å². The number of rotatable bonds is 15. The lowest BCUT2D eigenvalue weighted by Crippen LogP contribution is -2.50. The first-order chi connectivity index (χ1) is 18.5. The minimum Gasteiger partial charge on any atom is -0.497 e. The molecule has 7 heteroatoms. The molecule has 0 fully saturated rings. The number of benzene rings is 3. The number of carbonyl (C=O) groups is 2. The number of nitrogens with zero attached hydrogens (tertiary/aromatic N) is 1. The smallest absolute Gasteiger partial charge is 0.243 e. The molecule has 0 heterocycles. The monoisotopic (exact) mass is 580 g/mol. The molecule has 6 nitrogen and oxygen atoms in total. The highest BCUT2D eigenvalue weighted by Gasteiger charge is 2.30. The van der Waals surface area contributed by atoms with Gasteiger partial charge >= 0.3 is 0 Å². The van der Waals surface area contributed by atoms with Gasteiger partial charge in [-0.05, 0) is 60.4 Å². The first kappa shape index (κ1) is 29.2. The van der Waals surface area contributed by atoms with Crippen molar-refractivity contribution in [3.8, 4) is 11.5 Å². The fourth-order valence-electron chi connectivity index (χ4n) is 4.08. The lowest BCUT2D eigenvalue weighted by Gasteiger charge is -2.31. The van der Waals surface area contributed by atoms with Crippen LogP contribution in [0.25, 0.3) is 0 Å². The van der Waals surface area contributed by atoms with E-state index in [1.807, 2.05) is 78.9 Å². The van der Waals surface area contributed by atoms with Gasteiger partial charge in [-0.15, -0.1) is 0 Å². The zero-order valence-corrected chi connectivity index (χ0v) is 23.8. The van der Waals surface area contributed by atoms with Crippen molar-refractivity contribution in [2.24, 2.45) is 0 Å². The molecule has 0 spiro atoms. The van der Waals surface area contributed by atoms with Crippen LogP contribution in [0.4, 0.5) is 0 Å². The molecule has 0 aromatic heterocycles. The van der Waals surface area contributed by atoms with Crippen LogP contribution in [0, 0.1) is 0 Å². The van der Waals surface area contributed by atoms with Gasteiger partial charge in [0.05, 0.1) is 13.7 Å². The number of ether oxygens (including phenoxy) is 2. The average molecular weight is 582 g/mol. The molecule has 0 saturated carbocycles. The Morgan fingerprint density at radius 2 is 1.58 bits per heavy atom. The van der Waals surface area contributed by atoms with Crippen LogP contribution in [0.3, 0.4) is 0 Å². The van der Waals surface area contributed by atoms with Crippen molar-refractivity contribution in [3.63, 3.8) is 0 Å². The van der Waals surface area contributed by atoms with E-state index in [0.29, 0.717) is 32.5 Å². The maximum absolute atomic E-state index is 13.6. The van der Waals surface area contributed by atoms with Gasteiger partial charge in [0.25, 0.3) is 0 Å². The highest BCUT2D eigenvalue weighted by Crippen LogP contribution is 2.20. The van der Waals surface area contributed by atoms with Crippen LogP contribution in [0.5, 0.6) is 11.5 Å². The summed E-state index contributed by atoms with van der Waals surface area (Å²) in [6.07, 6.45) is 3.15. The molecule has 2 amide bonds. The quantitative estimate of drug-likeness (QED) is 0.218. The van der Waals surface area contributed by atoms with Crippen molar-refractivity contribution in [2.45, 2.75) is 51.6 Å². The minimum absolute atomic E-state index is 0.0715. The lowest BCUT2D eigenvalue weighted by molar-refractivity contribution is -0.141. The molecule has 202 valence electrons. The summed E-state index contributed by atoms with van der Waals surface area (Å²) in [6.45, 7) is 3.43.